The van der Waals surface area contributed by atoms with Gasteiger partial charge in [0.2, 0.25) is 0 Å². The van der Waals surface area contributed by atoms with E-state index < -0.39 is 0 Å². The minimum Gasteiger partial charge on any atom is -0.493 e. The summed E-state index contributed by atoms with van der Waals surface area (Å²) in [6.07, 6.45) is 3.06. The quantitative estimate of drug-likeness (QED) is 0.558. The lowest BCUT2D eigenvalue weighted by molar-refractivity contribution is -0.126. The molecule has 0 saturated carbocycles. The summed E-state index contributed by atoms with van der Waals surface area (Å²) < 4.78 is 15.9. The molecule has 0 aliphatic carbocycles. The van der Waals surface area contributed by atoms with E-state index in [0.29, 0.717) is 23.9 Å². The maximum Gasteiger partial charge on any atom is 0.261 e. The van der Waals surface area contributed by atoms with E-state index in [-0.39, 0.29) is 18.6 Å². The molecule has 0 aliphatic heterocycles. The summed E-state index contributed by atoms with van der Waals surface area (Å²) in [5.74, 6) is 1.66. The molecule has 0 saturated heterocycles. The van der Waals surface area contributed by atoms with Gasteiger partial charge < -0.3 is 24.0 Å². The second-order valence-corrected chi connectivity index (χ2v) is 5.16. The van der Waals surface area contributed by atoms with Crippen LogP contribution in [0.25, 0.3) is 0 Å². The van der Waals surface area contributed by atoms with Gasteiger partial charge in [0.25, 0.3) is 5.91 Å². The van der Waals surface area contributed by atoms with Gasteiger partial charge in [-0.05, 0) is 44.2 Å². The molecule has 25 heavy (non-hydrogen) atoms. The van der Waals surface area contributed by atoms with Crippen LogP contribution in [0.5, 0.6) is 11.5 Å². The van der Waals surface area contributed by atoms with E-state index in [9.17, 15) is 4.79 Å². The Bertz CT molecular complexity index is 697. The standard InChI is InChI=1S/C18H22N2O5/c1-4-23-16-8-7-14(10-17(16)22-3)11-19-25-12-18(21)20-13(2)15-6-5-9-24-15/h5-11,13H,4,12H2,1-3H3,(H,20,21)/b19-11+. The van der Waals surface area contributed by atoms with Crippen LogP contribution in [-0.2, 0) is 9.63 Å². The maximum absolute atomic E-state index is 11.8. The van der Waals surface area contributed by atoms with Crippen LogP contribution in [0.4, 0.5) is 0 Å². The third-order valence-electron chi connectivity index (χ3n) is 3.31. The second kappa shape index (κ2) is 9.36. The number of amides is 1. The number of nitrogens with one attached hydrogen (secondary N) is 1. The lowest BCUT2D eigenvalue weighted by Gasteiger charge is -2.10. The van der Waals surface area contributed by atoms with E-state index >= 15 is 0 Å². The SMILES string of the molecule is CCOc1ccc(/C=N/OCC(=O)NC(C)c2ccco2)cc1OC. The van der Waals surface area contributed by atoms with Crippen LogP contribution < -0.4 is 14.8 Å². The van der Waals surface area contributed by atoms with Crippen LogP contribution in [0.3, 0.4) is 0 Å². The number of oxime groups is 1. The van der Waals surface area contributed by atoms with Gasteiger partial charge in [0.1, 0.15) is 5.76 Å². The van der Waals surface area contributed by atoms with Crippen LogP contribution in [0, 0.1) is 0 Å². The van der Waals surface area contributed by atoms with E-state index in [1.54, 1.807) is 37.6 Å². The molecule has 2 aromatic rings. The monoisotopic (exact) mass is 346 g/mol. The average molecular weight is 346 g/mol. The Morgan fingerprint density at radius 2 is 2.20 bits per heavy atom. The number of benzene rings is 1. The molecule has 1 aromatic heterocycles. The molecule has 1 amide bonds. The highest BCUT2D eigenvalue weighted by atomic mass is 16.6. The van der Waals surface area contributed by atoms with Crippen molar-refractivity contribution in [1.82, 2.24) is 5.32 Å². The van der Waals surface area contributed by atoms with Crippen molar-refractivity contribution < 1.29 is 23.5 Å². The van der Waals surface area contributed by atoms with Gasteiger partial charge in [0.05, 0.1) is 32.2 Å². The summed E-state index contributed by atoms with van der Waals surface area (Å²) in [6, 6.07) is 8.72. The van der Waals surface area contributed by atoms with Crippen LogP contribution >= 0.6 is 0 Å². The highest BCUT2D eigenvalue weighted by Crippen LogP contribution is 2.27. The Kier molecular flexibility index (Phi) is 6.88. The maximum atomic E-state index is 11.8. The lowest BCUT2D eigenvalue weighted by Crippen LogP contribution is -2.29. The van der Waals surface area contributed by atoms with Gasteiger partial charge in [0, 0.05) is 5.56 Å². The highest BCUT2D eigenvalue weighted by Gasteiger charge is 2.11. The Balaban J connectivity index is 1.81. The Morgan fingerprint density at radius 3 is 2.88 bits per heavy atom. The zero-order chi connectivity index (χ0) is 18.1. The molecule has 1 unspecified atom stereocenters. The smallest absolute Gasteiger partial charge is 0.261 e. The first-order valence-electron chi connectivity index (χ1n) is 7.93. The minimum absolute atomic E-state index is 0.185. The zero-order valence-electron chi connectivity index (χ0n) is 14.5. The van der Waals surface area contributed by atoms with Gasteiger partial charge in [-0.2, -0.15) is 0 Å². The number of nitrogens with zero attached hydrogens (tertiary/aromatic N) is 1. The van der Waals surface area contributed by atoms with Crippen molar-refractivity contribution in [2.45, 2.75) is 19.9 Å². The van der Waals surface area contributed by atoms with Crippen molar-refractivity contribution in [3.63, 3.8) is 0 Å². The van der Waals surface area contributed by atoms with Crippen LogP contribution in [0.15, 0.2) is 46.2 Å². The van der Waals surface area contributed by atoms with Crippen LogP contribution in [0.1, 0.15) is 31.2 Å². The number of furan rings is 1. The topological polar surface area (TPSA) is 82.3 Å². The molecule has 0 fully saturated rings. The number of rotatable bonds is 9. The highest BCUT2D eigenvalue weighted by molar-refractivity contribution is 5.81. The van der Waals surface area contributed by atoms with Gasteiger partial charge in [-0.1, -0.05) is 5.16 Å². The summed E-state index contributed by atoms with van der Waals surface area (Å²) in [5, 5.41) is 6.55. The fourth-order valence-corrected chi connectivity index (χ4v) is 2.13. The fraction of sp³-hybridized carbons (Fsp3) is 0.333. The molecule has 0 spiro atoms. The lowest BCUT2D eigenvalue weighted by atomic mass is 10.2. The number of hydrogen-bond donors (Lipinski definition) is 1. The first-order valence-corrected chi connectivity index (χ1v) is 7.93. The molecule has 1 aromatic carbocycles. The minimum atomic E-state index is -0.287. The largest absolute Gasteiger partial charge is 0.493 e. The molecular weight excluding hydrogens is 324 g/mol. The third-order valence-corrected chi connectivity index (χ3v) is 3.31. The molecule has 0 radical (unpaired) electrons. The average Bonchev–Trinajstić information content (AvgIpc) is 3.14. The molecule has 2 rings (SSSR count). The van der Waals surface area contributed by atoms with Crippen molar-refractivity contribution in [1.29, 1.82) is 0 Å². The number of carbonyl (C=O) groups is 1. The summed E-state index contributed by atoms with van der Waals surface area (Å²) in [6.45, 7) is 4.10. The predicted molar refractivity (Wildman–Crippen MR) is 93.0 cm³/mol. The van der Waals surface area contributed by atoms with Gasteiger partial charge in [-0.25, -0.2) is 0 Å². The number of methoxy groups -OCH3 is 1. The Labute approximate surface area is 146 Å². The number of hydrogen-bond acceptors (Lipinski definition) is 6. The molecule has 7 heteroatoms. The van der Waals surface area contributed by atoms with Gasteiger partial charge in [0.15, 0.2) is 18.1 Å². The van der Waals surface area contributed by atoms with Gasteiger partial charge in [-0.3, -0.25) is 4.79 Å². The molecule has 134 valence electrons. The predicted octanol–water partition coefficient (Wildman–Crippen LogP) is 2.91. The summed E-state index contributed by atoms with van der Waals surface area (Å²) in [5.41, 5.74) is 0.768. The van der Waals surface area contributed by atoms with E-state index in [1.807, 2.05) is 19.9 Å². The Morgan fingerprint density at radius 1 is 1.36 bits per heavy atom. The van der Waals surface area contributed by atoms with E-state index in [2.05, 4.69) is 10.5 Å². The van der Waals surface area contributed by atoms with Gasteiger partial charge in [-0.15, -0.1) is 0 Å². The van der Waals surface area contributed by atoms with Crippen LogP contribution in [-0.4, -0.2) is 32.4 Å². The molecule has 1 heterocycles. The van der Waals surface area contributed by atoms with Crippen molar-refractivity contribution in [3.05, 3.63) is 47.9 Å². The first kappa shape index (κ1) is 18.4. The number of ether oxygens (including phenoxy) is 2. The van der Waals surface area contributed by atoms with E-state index in [1.165, 1.54) is 6.21 Å². The molecular formula is C18H22N2O5. The van der Waals surface area contributed by atoms with E-state index in [0.717, 1.165) is 5.56 Å². The molecule has 1 N–H and O–H groups in total. The van der Waals surface area contributed by atoms with Crippen molar-refractivity contribution >= 4 is 12.1 Å². The first-order chi connectivity index (χ1) is 12.1. The van der Waals surface area contributed by atoms with Crippen molar-refractivity contribution in [2.24, 2.45) is 5.16 Å². The van der Waals surface area contributed by atoms with Crippen molar-refractivity contribution in [3.8, 4) is 11.5 Å². The fourth-order valence-electron chi connectivity index (χ4n) is 2.13. The zero-order valence-corrected chi connectivity index (χ0v) is 14.5. The molecule has 0 aliphatic rings. The molecule has 7 nitrogen and oxygen atoms in total. The summed E-state index contributed by atoms with van der Waals surface area (Å²) in [4.78, 5) is 16.8. The number of carbonyl (C=O) groups excluding carboxylic acids is 1. The normalized spacial score (nSPS) is 12.0. The van der Waals surface area contributed by atoms with Gasteiger partial charge >= 0.3 is 0 Å². The third kappa shape index (κ3) is 5.56. The molecule has 1 atom stereocenters. The van der Waals surface area contributed by atoms with E-state index in [4.69, 9.17) is 18.7 Å². The summed E-state index contributed by atoms with van der Waals surface area (Å²) >= 11 is 0. The molecule has 0 bridgehead atoms. The van der Waals surface area contributed by atoms with Crippen LogP contribution in [0.2, 0.25) is 0 Å². The Hall–Kier alpha value is -2.96. The summed E-state index contributed by atoms with van der Waals surface area (Å²) in [7, 11) is 1.57. The van der Waals surface area contributed by atoms with Crippen molar-refractivity contribution in [2.75, 3.05) is 20.3 Å². The second-order valence-electron chi connectivity index (χ2n) is 5.16.